The predicted molar refractivity (Wildman–Crippen MR) is 125 cm³/mol. The molecule has 0 aliphatic carbocycles. The Balaban J connectivity index is 1.94. The van der Waals surface area contributed by atoms with Crippen molar-refractivity contribution in [3.63, 3.8) is 0 Å². The summed E-state index contributed by atoms with van der Waals surface area (Å²) in [6.07, 6.45) is 0. The average Bonchev–Trinajstić information content (AvgIpc) is 3.32. The lowest BCUT2D eigenvalue weighted by Crippen LogP contribution is -2.29. The van der Waals surface area contributed by atoms with E-state index in [9.17, 15) is 28.3 Å². The van der Waals surface area contributed by atoms with Gasteiger partial charge in [0.1, 0.15) is 28.3 Å². The molecule has 1 aliphatic rings. The molecule has 2 heterocycles. The highest BCUT2D eigenvalue weighted by Gasteiger charge is 2.49. The molecule has 10 heteroatoms. The van der Waals surface area contributed by atoms with Gasteiger partial charge >= 0.3 is 11.9 Å². The number of ketones is 1. The summed E-state index contributed by atoms with van der Waals surface area (Å²) < 4.78 is 34.2. The molecular formula is C25H20F2N2O5S. The quantitative estimate of drug-likeness (QED) is 0.234. The third kappa shape index (κ3) is 4.21. The molecule has 3 aromatic rings. The van der Waals surface area contributed by atoms with Crippen molar-refractivity contribution in [1.29, 1.82) is 0 Å². The maximum absolute atomic E-state index is 14.9. The van der Waals surface area contributed by atoms with Crippen molar-refractivity contribution in [3.05, 3.63) is 86.9 Å². The van der Waals surface area contributed by atoms with Gasteiger partial charge in [0.25, 0.3) is 5.78 Å². The number of benzene rings is 2. The number of aryl methyl sites for hydroxylation is 2. The van der Waals surface area contributed by atoms with Crippen LogP contribution in [-0.4, -0.2) is 34.4 Å². The van der Waals surface area contributed by atoms with Gasteiger partial charge in [0, 0.05) is 11.1 Å². The third-order valence-electron chi connectivity index (χ3n) is 5.54. The lowest BCUT2D eigenvalue weighted by molar-refractivity contribution is -0.132. The van der Waals surface area contributed by atoms with E-state index in [4.69, 9.17) is 4.74 Å². The van der Waals surface area contributed by atoms with Crippen molar-refractivity contribution in [3.8, 4) is 0 Å². The number of esters is 1. The number of carbonyl (C=O) groups is 3. The van der Waals surface area contributed by atoms with E-state index in [1.165, 1.54) is 44.2 Å². The molecule has 1 N–H and O–H groups in total. The molecule has 1 amide bonds. The van der Waals surface area contributed by atoms with Gasteiger partial charge in [0.15, 0.2) is 5.13 Å². The highest BCUT2D eigenvalue weighted by Crippen LogP contribution is 2.44. The highest BCUT2D eigenvalue weighted by molar-refractivity contribution is 7.17. The normalized spacial score (nSPS) is 17.2. The maximum atomic E-state index is 14.9. The van der Waals surface area contributed by atoms with Crippen molar-refractivity contribution in [2.45, 2.75) is 26.8 Å². The standard InChI is InChI=1S/C25H20F2N2O5S/c1-4-34-24(33)22-13(3)28-25(35-22)29-19(15-7-5-6-8-16(15)26)18(21(31)23(29)32)20(30)14-10-9-12(2)17(27)11-14/h5-11,19,30H,4H2,1-3H3/t19-/m1/s1. The number of halogens is 2. The molecule has 0 unspecified atom stereocenters. The number of nitrogens with zero attached hydrogens (tertiary/aromatic N) is 2. The van der Waals surface area contributed by atoms with Crippen molar-refractivity contribution >= 4 is 39.9 Å². The molecule has 0 saturated carbocycles. The molecule has 1 fully saturated rings. The first kappa shape index (κ1) is 24.2. The summed E-state index contributed by atoms with van der Waals surface area (Å²) in [4.78, 5) is 43.9. The van der Waals surface area contributed by atoms with Gasteiger partial charge in [0.05, 0.1) is 17.9 Å². The Bertz CT molecular complexity index is 1400. The molecule has 0 spiro atoms. The third-order valence-corrected chi connectivity index (χ3v) is 6.68. The minimum absolute atomic E-state index is 0.0463. The van der Waals surface area contributed by atoms with Gasteiger partial charge in [-0.2, -0.15) is 0 Å². The maximum Gasteiger partial charge on any atom is 0.350 e. The van der Waals surface area contributed by atoms with Crippen LogP contribution >= 0.6 is 11.3 Å². The molecule has 1 atom stereocenters. The lowest BCUT2D eigenvalue weighted by atomic mass is 9.94. The second-order valence-corrected chi connectivity index (χ2v) is 8.76. The topological polar surface area (TPSA) is 96.8 Å². The van der Waals surface area contributed by atoms with Crippen molar-refractivity contribution in [1.82, 2.24) is 4.98 Å². The minimum Gasteiger partial charge on any atom is -0.507 e. The molecule has 1 aromatic heterocycles. The number of anilines is 1. The number of aliphatic hydroxyl groups is 1. The lowest BCUT2D eigenvalue weighted by Gasteiger charge is -2.23. The van der Waals surface area contributed by atoms with Crippen LogP contribution in [0.2, 0.25) is 0 Å². The van der Waals surface area contributed by atoms with Crippen LogP contribution in [0.5, 0.6) is 0 Å². The van der Waals surface area contributed by atoms with Crippen molar-refractivity contribution in [2.24, 2.45) is 0 Å². The molecular weight excluding hydrogens is 478 g/mol. The van der Waals surface area contributed by atoms with Gasteiger partial charge in [-0.1, -0.05) is 41.7 Å². The molecule has 1 saturated heterocycles. The fraction of sp³-hybridized carbons (Fsp3) is 0.200. The monoisotopic (exact) mass is 498 g/mol. The van der Waals surface area contributed by atoms with Gasteiger partial charge in [-0.25, -0.2) is 18.6 Å². The number of Topliss-reactive ketones (excluding diaryl/α,β-unsaturated/α-hetero) is 1. The summed E-state index contributed by atoms with van der Waals surface area (Å²) in [5, 5.41) is 11.0. The van der Waals surface area contributed by atoms with E-state index in [0.29, 0.717) is 5.56 Å². The molecule has 0 radical (unpaired) electrons. The second-order valence-electron chi connectivity index (χ2n) is 7.79. The van der Waals surface area contributed by atoms with E-state index in [1.807, 2.05) is 0 Å². The van der Waals surface area contributed by atoms with Gasteiger partial charge in [0.2, 0.25) is 0 Å². The van der Waals surface area contributed by atoms with Crippen LogP contribution in [0.25, 0.3) is 5.76 Å². The van der Waals surface area contributed by atoms with Crippen LogP contribution in [0, 0.1) is 25.5 Å². The van der Waals surface area contributed by atoms with Gasteiger partial charge in [-0.3, -0.25) is 14.5 Å². The molecule has 35 heavy (non-hydrogen) atoms. The molecule has 2 aromatic carbocycles. The van der Waals surface area contributed by atoms with Gasteiger partial charge < -0.3 is 9.84 Å². The van der Waals surface area contributed by atoms with Crippen LogP contribution in [0.3, 0.4) is 0 Å². The Morgan fingerprint density at radius 1 is 1.14 bits per heavy atom. The minimum atomic E-state index is -1.40. The number of hydrogen-bond acceptors (Lipinski definition) is 7. The second kappa shape index (κ2) is 9.38. The smallest absolute Gasteiger partial charge is 0.350 e. The summed E-state index contributed by atoms with van der Waals surface area (Å²) >= 11 is 0.809. The van der Waals surface area contributed by atoms with E-state index in [2.05, 4.69) is 4.98 Å². The Hall–Kier alpha value is -3.92. The van der Waals surface area contributed by atoms with Crippen LogP contribution in [0.4, 0.5) is 13.9 Å². The zero-order valence-electron chi connectivity index (χ0n) is 19.0. The summed E-state index contributed by atoms with van der Waals surface area (Å²) in [6, 6.07) is 7.91. The van der Waals surface area contributed by atoms with E-state index in [0.717, 1.165) is 28.4 Å². The van der Waals surface area contributed by atoms with Gasteiger partial charge in [-0.15, -0.1) is 0 Å². The largest absolute Gasteiger partial charge is 0.507 e. The fourth-order valence-corrected chi connectivity index (χ4v) is 4.78. The molecule has 1 aliphatic heterocycles. The number of rotatable bonds is 5. The number of ether oxygens (including phenoxy) is 1. The molecule has 7 nitrogen and oxygen atoms in total. The number of aliphatic hydroxyl groups excluding tert-OH is 1. The fourth-order valence-electron chi connectivity index (χ4n) is 3.79. The van der Waals surface area contributed by atoms with Crippen LogP contribution < -0.4 is 4.90 Å². The first-order valence-corrected chi connectivity index (χ1v) is 11.4. The first-order valence-electron chi connectivity index (χ1n) is 10.6. The first-order chi connectivity index (χ1) is 16.6. The number of thiazole rings is 1. The van der Waals surface area contributed by atoms with Crippen LogP contribution in [-0.2, 0) is 14.3 Å². The Morgan fingerprint density at radius 2 is 1.86 bits per heavy atom. The summed E-state index contributed by atoms with van der Waals surface area (Å²) in [6.45, 7) is 4.83. The van der Waals surface area contributed by atoms with Crippen molar-refractivity contribution < 1.29 is 33.0 Å². The molecule has 4 rings (SSSR count). The Kier molecular flexibility index (Phi) is 6.49. The molecule has 180 valence electrons. The number of carbonyl (C=O) groups excluding carboxylic acids is 3. The number of amides is 1. The number of hydrogen-bond donors (Lipinski definition) is 1. The summed E-state index contributed by atoms with van der Waals surface area (Å²) in [5.41, 5.74) is 0.0332. The van der Waals surface area contributed by atoms with Crippen molar-refractivity contribution in [2.75, 3.05) is 11.5 Å². The van der Waals surface area contributed by atoms with E-state index >= 15 is 0 Å². The summed E-state index contributed by atoms with van der Waals surface area (Å²) in [7, 11) is 0. The van der Waals surface area contributed by atoms with E-state index < -0.39 is 46.7 Å². The Labute approximate surface area is 203 Å². The van der Waals surface area contributed by atoms with E-state index in [1.54, 1.807) is 6.92 Å². The SMILES string of the molecule is CCOC(=O)c1sc(N2C(=O)C(=O)C(=C(O)c3ccc(C)c(F)c3)[C@H]2c2ccccc2F)nc1C. The highest BCUT2D eigenvalue weighted by atomic mass is 32.1. The average molecular weight is 499 g/mol. The predicted octanol–water partition coefficient (Wildman–Crippen LogP) is 4.84. The number of aromatic nitrogens is 1. The zero-order chi connectivity index (χ0) is 25.4. The van der Waals surface area contributed by atoms with Gasteiger partial charge in [-0.05, 0) is 38.5 Å². The van der Waals surface area contributed by atoms with E-state index in [-0.39, 0.29) is 33.4 Å². The Morgan fingerprint density at radius 3 is 2.51 bits per heavy atom. The van der Waals surface area contributed by atoms with Crippen LogP contribution in [0.1, 0.15) is 45.0 Å². The molecule has 0 bridgehead atoms. The van der Waals surface area contributed by atoms with Crippen LogP contribution in [0.15, 0.2) is 48.0 Å². The summed E-state index contributed by atoms with van der Waals surface area (Å²) in [5.74, 6) is -4.83. The zero-order valence-corrected chi connectivity index (χ0v) is 19.8.